The van der Waals surface area contributed by atoms with Crippen LogP contribution in [0.15, 0.2) is 30.3 Å². The number of carbonyl (C=O) groups excluding carboxylic acids is 1. The molecule has 0 fully saturated rings. The van der Waals surface area contributed by atoms with Gasteiger partial charge in [-0.2, -0.15) is 0 Å². The highest BCUT2D eigenvalue weighted by molar-refractivity contribution is 6.00. The fourth-order valence-electron chi connectivity index (χ4n) is 2.97. The number of aryl methyl sites for hydroxylation is 2. The lowest BCUT2D eigenvalue weighted by atomic mass is 9.93. The number of nitrogen functional groups attached to an aromatic ring is 1. The molecule has 2 N–H and O–H groups in total. The largest absolute Gasteiger partial charge is 0.384 e. The number of para-hydroxylation sites is 1. The topological polar surface area (TPSA) is 59.2 Å². The van der Waals surface area contributed by atoms with E-state index in [9.17, 15) is 4.79 Å². The van der Waals surface area contributed by atoms with Crippen molar-refractivity contribution in [2.75, 3.05) is 17.7 Å². The Hall–Kier alpha value is -2.36. The van der Waals surface area contributed by atoms with Crippen LogP contribution in [0.3, 0.4) is 0 Å². The van der Waals surface area contributed by atoms with E-state index in [0.717, 1.165) is 35.3 Å². The molecule has 2 heterocycles. The monoisotopic (exact) mass is 281 g/mol. The Morgan fingerprint density at radius 3 is 2.76 bits per heavy atom. The number of benzene rings is 1. The molecular weight excluding hydrogens is 262 g/mol. The van der Waals surface area contributed by atoms with Gasteiger partial charge in [-0.05, 0) is 30.5 Å². The summed E-state index contributed by atoms with van der Waals surface area (Å²) in [4.78, 5) is 18.2. The third-order valence-electron chi connectivity index (χ3n) is 4.06. The minimum atomic E-state index is 0.163. The average molecular weight is 281 g/mol. The van der Waals surface area contributed by atoms with Crippen molar-refractivity contribution >= 4 is 17.4 Å². The van der Waals surface area contributed by atoms with Crippen LogP contribution in [0.5, 0.6) is 0 Å². The van der Waals surface area contributed by atoms with Gasteiger partial charge in [0.2, 0.25) is 5.91 Å². The summed E-state index contributed by atoms with van der Waals surface area (Å²) in [6.07, 6.45) is 2.19. The van der Waals surface area contributed by atoms with Gasteiger partial charge >= 0.3 is 0 Å². The maximum absolute atomic E-state index is 12.0. The van der Waals surface area contributed by atoms with Crippen LogP contribution in [0.2, 0.25) is 0 Å². The Bertz CT molecular complexity index is 709. The lowest BCUT2D eigenvalue weighted by Gasteiger charge is -2.28. The molecule has 0 aliphatic carbocycles. The van der Waals surface area contributed by atoms with E-state index in [4.69, 9.17) is 5.73 Å². The molecule has 4 nitrogen and oxygen atoms in total. The summed E-state index contributed by atoms with van der Waals surface area (Å²) < 4.78 is 0. The highest BCUT2D eigenvalue weighted by Crippen LogP contribution is 2.38. The smallest absolute Gasteiger partial charge is 0.227 e. The van der Waals surface area contributed by atoms with E-state index in [1.807, 2.05) is 25.2 Å². The van der Waals surface area contributed by atoms with Gasteiger partial charge in [0.25, 0.3) is 0 Å². The van der Waals surface area contributed by atoms with Crippen molar-refractivity contribution in [2.24, 2.45) is 0 Å². The molecule has 0 bridgehead atoms. The molecule has 0 spiro atoms. The van der Waals surface area contributed by atoms with Gasteiger partial charge in [-0.3, -0.25) is 4.79 Å². The number of hydrogen-bond donors (Lipinski definition) is 1. The van der Waals surface area contributed by atoms with Crippen LogP contribution >= 0.6 is 0 Å². The molecule has 2 aromatic rings. The first kappa shape index (κ1) is 13.6. The number of fused-ring (bicyclic) bond motifs is 1. The summed E-state index contributed by atoms with van der Waals surface area (Å²) in [5.74, 6) is 0.696. The molecule has 0 unspecified atom stereocenters. The van der Waals surface area contributed by atoms with Gasteiger partial charge in [0.05, 0.1) is 11.4 Å². The number of carbonyl (C=O) groups is 1. The summed E-state index contributed by atoms with van der Waals surface area (Å²) in [6.45, 7) is 2.07. The van der Waals surface area contributed by atoms with Crippen molar-refractivity contribution in [3.8, 4) is 11.1 Å². The molecular formula is C17H19N3O. The van der Waals surface area contributed by atoms with Gasteiger partial charge in [0.15, 0.2) is 0 Å². The summed E-state index contributed by atoms with van der Waals surface area (Å²) in [7, 11) is 1.85. The van der Waals surface area contributed by atoms with E-state index in [0.29, 0.717) is 12.2 Å². The standard InChI is InChI=1S/C17H19N3O/c1-3-14-12(8-9-15(18)19-14)13-6-4-5-11-7-10-16(21)20(2)17(11)13/h4-6,8-9H,3,7,10H2,1-2H3,(H2,18,19). The van der Waals surface area contributed by atoms with Gasteiger partial charge in [0, 0.05) is 24.6 Å². The summed E-state index contributed by atoms with van der Waals surface area (Å²) >= 11 is 0. The van der Waals surface area contributed by atoms with Gasteiger partial charge in [-0.15, -0.1) is 0 Å². The molecule has 4 heteroatoms. The second kappa shape index (κ2) is 5.20. The van der Waals surface area contributed by atoms with Gasteiger partial charge < -0.3 is 10.6 Å². The van der Waals surface area contributed by atoms with Crippen LogP contribution in [0.4, 0.5) is 11.5 Å². The van der Waals surface area contributed by atoms with E-state index in [1.54, 1.807) is 4.90 Å². The second-order valence-electron chi connectivity index (χ2n) is 5.35. The zero-order valence-corrected chi connectivity index (χ0v) is 12.4. The molecule has 1 aromatic heterocycles. The summed E-state index contributed by atoms with van der Waals surface area (Å²) in [6, 6.07) is 10.0. The summed E-state index contributed by atoms with van der Waals surface area (Å²) in [5.41, 5.74) is 11.1. The first-order chi connectivity index (χ1) is 10.1. The molecule has 21 heavy (non-hydrogen) atoms. The molecule has 1 aliphatic heterocycles. The molecule has 0 atom stereocenters. The Labute approximate surface area is 124 Å². The molecule has 0 saturated heterocycles. The minimum absolute atomic E-state index is 0.163. The molecule has 1 aliphatic rings. The number of aromatic nitrogens is 1. The molecule has 3 rings (SSSR count). The Kier molecular flexibility index (Phi) is 3.37. The number of nitrogens with two attached hydrogens (primary N) is 1. The maximum atomic E-state index is 12.0. The van der Waals surface area contributed by atoms with Crippen LogP contribution < -0.4 is 10.6 Å². The van der Waals surface area contributed by atoms with Crippen molar-refractivity contribution in [1.82, 2.24) is 4.98 Å². The van der Waals surface area contributed by atoms with E-state index in [-0.39, 0.29) is 5.91 Å². The molecule has 1 amide bonds. The van der Waals surface area contributed by atoms with Gasteiger partial charge in [0.1, 0.15) is 5.82 Å². The summed E-state index contributed by atoms with van der Waals surface area (Å²) in [5, 5.41) is 0. The Morgan fingerprint density at radius 1 is 1.19 bits per heavy atom. The number of amides is 1. The van der Waals surface area contributed by atoms with E-state index in [1.165, 1.54) is 5.56 Å². The van der Waals surface area contributed by atoms with Crippen molar-refractivity contribution in [3.63, 3.8) is 0 Å². The predicted molar refractivity (Wildman–Crippen MR) is 85.2 cm³/mol. The zero-order chi connectivity index (χ0) is 15.0. The zero-order valence-electron chi connectivity index (χ0n) is 12.4. The first-order valence-electron chi connectivity index (χ1n) is 7.26. The lowest BCUT2D eigenvalue weighted by Crippen LogP contribution is -2.31. The molecule has 108 valence electrons. The molecule has 0 radical (unpaired) electrons. The van der Waals surface area contributed by atoms with Crippen LogP contribution in [-0.2, 0) is 17.6 Å². The van der Waals surface area contributed by atoms with Gasteiger partial charge in [-0.1, -0.05) is 25.1 Å². The third kappa shape index (κ3) is 2.27. The number of nitrogens with zero attached hydrogens (tertiary/aromatic N) is 2. The van der Waals surface area contributed by atoms with Crippen molar-refractivity contribution in [1.29, 1.82) is 0 Å². The maximum Gasteiger partial charge on any atom is 0.227 e. The third-order valence-corrected chi connectivity index (χ3v) is 4.06. The first-order valence-corrected chi connectivity index (χ1v) is 7.26. The number of anilines is 2. The Balaban J connectivity index is 2.23. The van der Waals surface area contributed by atoms with Crippen LogP contribution in [0.25, 0.3) is 11.1 Å². The highest BCUT2D eigenvalue weighted by atomic mass is 16.2. The highest BCUT2D eigenvalue weighted by Gasteiger charge is 2.24. The SMILES string of the molecule is CCc1nc(N)ccc1-c1cccc2c1N(C)C(=O)CC2. The predicted octanol–water partition coefficient (Wildman–Crippen LogP) is 2.80. The fourth-order valence-corrected chi connectivity index (χ4v) is 2.97. The number of hydrogen-bond acceptors (Lipinski definition) is 3. The molecule has 1 aromatic carbocycles. The van der Waals surface area contributed by atoms with Gasteiger partial charge in [-0.25, -0.2) is 4.98 Å². The van der Waals surface area contributed by atoms with Crippen molar-refractivity contribution in [2.45, 2.75) is 26.2 Å². The quantitative estimate of drug-likeness (QED) is 0.920. The Morgan fingerprint density at radius 2 is 2.00 bits per heavy atom. The van der Waals surface area contributed by atoms with E-state index >= 15 is 0 Å². The number of pyridine rings is 1. The van der Waals surface area contributed by atoms with Crippen molar-refractivity contribution < 1.29 is 4.79 Å². The minimum Gasteiger partial charge on any atom is -0.384 e. The van der Waals surface area contributed by atoms with Crippen LogP contribution in [0, 0.1) is 0 Å². The van der Waals surface area contributed by atoms with Crippen molar-refractivity contribution in [3.05, 3.63) is 41.6 Å². The average Bonchev–Trinajstić information content (AvgIpc) is 2.50. The van der Waals surface area contributed by atoms with Crippen LogP contribution in [0.1, 0.15) is 24.6 Å². The number of rotatable bonds is 2. The fraction of sp³-hybridized carbons (Fsp3) is 0.294. The van der Waals surface area contributed by atoms with E-state index < -0.39 is 0 Å². The lowest BCUT2D eigenvalue weighted by molar-refractivity contribution is -0.118. The van der Waals surface area contributed by atoms with E-state index in [2.05, 4.69) is 24.0 Å². The normalized spacial score (nSPS) is 14.2. The van der Waals surface area contributed by atoms with Crippen LogP contribution in [-0.4, -0.2) is 17.9 Å². The second-order valence-corrected chi connectivity index (χ2v) is 5.35. The molecule has 0 saturated carbocycles.